The highest BCUT2D eigenvalue weighted by Gasteiger charge is 2.35. The fourth-order valence-corrected chi connectivity index (χ4v) is 5.10. The third kappa shape index (κ3) is 2.95. The number of thiazole rings is 1. The van der Waals surface area contributed by atoms with E-state index in [4.69, 9.17) is 11.6 Å². The molecule has 1 aromatic carbocycles. The first-order valence-electron chi connectivity index (χ1n) is 7.46. The number of halogens is 1. The van der Waals surface area contributed by atoms with Crippen molar-refractivity contribution in [3.63, 3.8) is 0 Å². The van der Waals surface area contributed by atoms with E-state index in [0.29, 0.717) is 15.1 Å². The van der Waals surface area contributed by atoms with Gasteiger partial charge in [-0.3, -0.25) is 10.1 Å². The topological polar surface area (TPSA) is 42.0 Å². The number of aromatic nitrogens is 1. The van der Waals surface area contributed by atoms with Crippen LogP contribution in [-0.2, 0) is 4.79 Å². The minimum Gasteiger partial charge on any atom is -0.297 e. The number of amides is 1. The van der Waals surface area contributed by atoms with Gasteiger partial charge in [0, 0.05) is 27.1 Å². The van der Waals surface area contributed by atoms with Crippen molar-refractivity contribution in [1.29, 1.82) is 0 Å². The van der Waals surface area contributed by atoms with E-state index in [0.717, 1.165) is 11.3 Å². The Hall–Kier alpha value is -1.82. The zero-order valence-corrected chi connectivity index (χ0v) is 14.9. The van der Waals surface area contributed by atoms with Crippen molar-refractivity contribution < 1.29 is 4.79 Å². The van der Waals surface area contributed by atoms with E-state index in [9.17, 15) is 4.79 Å². The van der Waals surface area contributed by atoms with E-state index in [1.807, 2.05) is 53.9 Å². The Labute approximate surface area is 153 Å². The molecule has 1 aliphatic heterocycles. The van der Waals surface area contributed by atoms with Crippen LogP contribution in [0.2, 0.25) is 0 Å². The first-order chi connectivity index (χ1) is 11.7. The summed E-state index contributed by atoms with van der Waals surface area (Å²) in [7, 11) is 0. The molecule has 2 aliphatic rings. The quantitative estimate of drug-likeness (QED) is 0.819. The van der Waals surface area contributed by atoms with Crippen molar-refractivity contribution in [3.05, 3.63) is 70.0 Å². The predicted molar refractivity (Wildman–Crippen MR) is 102 cm³/mol. The lowest BCUT2D eigenvalue weighted by molar-refractivity contribution is -0.112. The van der Waals surface area contributed by atoms with Crippen LogP contribution in [0.4, 0.5) is 5.13 Å². The van der Waals surface area contributed by atoms with Gasteiger partial charge in [0.25, 0.3) is 5.91 Å². The molecule has 2 atom stereocenters. The van der Waals surface area contributed by atoms with Crippen molar-refractivity contribution in [2.45, 2.75) is 5.25 Å². The summed E-state index contributed by atoms with van der Waals surface area (Å²) in [6, 6.07) is 9.89. The number of fused-ring (bicyclic) bond motifs is 1. The molecule has 0 radical (unpaired) electrons. The summed E-state index contributed by atoms with van der Waals surface area (Å²) in [6.45, 7) is 0. The van der Waals surface area contributed by atoms with Gasteiger partial charge in [-0.1, -0.05) is 66.2 Å². The molecular weight excluding hydrogens is 360 g/mol. The second-order valence-corrected chi connectivity index (χ2v) is 7.87. The molecule has 4 rings (SSSR count). The van der Waals surface area contributed by atoms with Gasteiger partial charge >= 0.3 is 0 Å². The summed E-state index contributed by atoms with van der Waals surface area (Å²) in [5.74, 6) is -0.0891. The molecule has 0 saturated heterocycles. The summed E-state index contributed by atoms with van der Waals surface area (Å²) in [5.41, 5.74) is 1.89. The highest BCUT2D eigenvalue weighted by molar-refractivity contribution is 8.05. The van der Waals surface area contributed by atoms with Crippen molar-refractivity contribution in [3.8, 4) is 11.3 Å². The zero-order chi connectivity index (χ0) is 16.5. The van der Waals surface area contributed by atoms with Crippen molar-refractivity contribution in [2.24, 2.45) is 5.92 Å². The van der Waals surface area contributed by atoms with Crippen LogP contribution in [0, 0.1) is 5.92 Å². The Morgan fingerprint density at radius 1 is 1.17 bits per heavy atom. The molecular formula is C18H13ClN2OS2. The third-order valence-electron chi connectivity index (χ3n) is 3.85. The van der Waals surface area contributed by atoms with Gasteiger partial charge in [-0.15, -0.1) is 23.1 Å². The fraction of sp³-hybridized carbons (Fsp3) is 0.111. The lowest BCUT2D eigenvalue weighted by atomic mass is 10.00. The SMILES string of the molecule is O=C(Nc1nc(-c2ccccc2)cs1)C1=C(Cl)[C@@H]2C=CC=C[C@H]2S1. The lowest BCUT2D eigenvalue weighted by Crippen LogP contribution is -2.12. The van der Waals surface area contributed by atoms with Crippen LogP contribution in [0.3, 0.4) is 0 Å². The number of hydrogen-bond donors (Lipinski definition) is 1. The molecule has 0 unspecified atom stereocenters. The van der Waals surface area contributed by atoms with E-state index >= 15 is 0 Å². The van der Waals surface area contributed by atoms with Gasteiger partial charge in [0.05, 0.1) is 10.6 Å². The summed E-state index contributed by atoms with van der Waals surface area (Å²) < 4.78 is 0. The second kappa shape index (κ2) is 6.59. The molecule has 2 aromatic rings. The van der Waals surface area contributed by atoms with Crippen LogP contribution in [0.15, 0.2) is 70.0 Å². The van der Waals surface area contributed by atoms with Crippen LogP contribution in [0.25, 0.3) is 11.3 Å². The van der Waals surface area contributed by atoms with Gasteiger partial charge < -0.3 is 0 Å². The number of anilines is 1. The monoisotopic (exact) mass is 372 g/mol. The van der Waals surface area contributed by atoms with Gasteiger partial charge in [-0.2, -0.15) is 0 Å². The molecule has 2 heterocycles. The van der Waals surface area contributed by atoms with Crippen molar-refractivity contribution in [1.82, 2.24) is 4.98 Å². The number of benzene rings is 1. The molecule has 6 heteroatoms. The highest BCUT2D eigenvalue weighted by Crippen LogP contribution is 2.47. The van der Waals surface area contributed by atoms with Crippen LogP contribution in [0.1, 0.15) is 0 Å². The Kier molecular flexibility index (Phi) is 4.31. The number of allylic oxidation sites excluding steroid dienone is 4. The average Bonchev–Trinajstić information content (AvgIpc) is 3.21. The van der Waals surface area contributed by atoms with Gasteiger partial charge in [0.1, 0.15) is 0 Å². The van der Waals surface area contributed by atoms with E-state index in [-0.39, 0.29) is 17.1 Å². The van der Waals surface area contributed by atoms with Gasteiger partial charge in [0.2, 0.25) is 0 Å². The van der Waals surface area contributed by atoms with Crippen molar-refractivity contribution in [2.75, 3.05) is 5.32 Å². The standard InChI is InChI=1S/C18H13ClN2OS2/c19-15-12-8-4-5-9-14(12)24-16(15)17(22)21-18-20-13(10-23-18)11-6-2-1-3-7-11/h1-10,12,14H,(H,20,21,22)/t12-,14-/m1/s1. The Morgan fingerprint density at radius 3 is 2.75 bits per heavy atom. The van der Waals surface area contributed by atoms with E-state index in [1.54, 1.807) is 0 Å². The highest BCUT2D eigenvalue weighted by atomic mass is 35.5. The molecule has 0 spiro atoms. The zero-order valence-electron chi connectivity index (χ0n) is 12.5. The number of carbonyl (C=O) groups is 1. The number of nitrogens with one attached hydrogen (secondary N) is 1. The predicted octanol–water partition coefficient (Wildman–Crippen LogP) is 5.06. The Bertz CT molecular complexity index is 870. The molecule has 3 nitrogen and oxygen atoms in total. The Morgan fingerprint density at radius 2 is 1.96 bits per heavy atom. The van der Waals surface area contributed by atoms with E-state index in [2.05, 4.69) is 16.4 Å². The number of nitrogens with zero attached hydrogens (tertiary/aromatic N) is 1. The minimum absolute atomic E-state index is 0.0959. The maximum Gasteiger partial charge on any atom is 0.265 e. The molecule has 120 valence electrons. The lowest BCUT2D eigenvalue weighted by Gasteiger charge is -2.14. The van der Waals surface area contributed by atoms with Gasteiger partial charge in [0.15, 0.2) is 5.13 Å². The normalized spacial score (nSPS) is 21.9. The molecule has 1 aromatic heterocycles. The Balaban J connectivity index is 1.51. The van der Waals surface area contributed by atoms with Crippen LogP contribution in [-0.4, -0.2) is 16.1 Å². The minimum atomic E-state index is -0.185. The first kappa shape index (κ1) is 15.7. The van der Waals surface area contributed by atoms with Crippen LogP contribution in [0.5, 0.6) is 0 Å². The van der Waals surface area contributed by atoms with Crippen LogP contribution < -0.4 is 5.32 Å². The first-order valence-corrected chi connectivity index (χ1v) is 9.60. The number of hydrogen-bond acceptors (Lipinski definition) is 4. The van der Waals surface area contributed by atoms with E-state index in [1.165, 1.54) is 23.1 Å². The maximum absolute atomic E-state index is 12.6. The van der Waals surface area contributed by atoms with Crippen molar-refractivity contribution >= 4 is 45.7 Å². The fourth-order valence-electron chi connectivity index (χ4n) is 2.66. The molecule has 0 bridgehead atoms. The summed E-state index contributed by atoms with van der Waals surface area (Å²) >= 11 is 9.33. The van der Waals surface area contributed by atoms with Gasteiger partial charge in [-0.05, 0) is 0 Å². The van der Waals surface area contributed by atoms with Crippen LogP contribution >= 0.6 is 34.7 Å². The van der Waals surface area contributed by atoms with Gasteiger partial charge in [-0.25, -0.2) is 4.98 Å². The molecule has 1 aliphatic carbocycles. The number of carbonyl (C=O) groups excluding carboxylic acids is 1. The smallest absolute Gasteiger partial charge is 0.265 e. The number of rotatable bonds is 3. The third-order valence-corrected chi connectivity index (χ3v) is 6.52. The van der Waals surface area contributed by atoms with E-state index < -0.39 is 0 Å². The summed E-state index contributed by atoms with van der Waals surface area (Å²) in [6.07, 6.45) is 8.08. The second-order valence-electron chi connectivity index (χ2n) is 5.41. The molecule has 0 saturated carbocycles. The summed E-state index contributed by atoms with van der Waals surface area (Å²) in [5, 5.41) is 6.21. The largest absolute Gasteiger partial charge is 0.297 e. The molecule has 1 N–H and O–H groups in total. The molecule has 0 fully saturated rings. The molecule has 24 heavy (non-hydrogen) atoms. The average molecular weight is 373 g/mol. The molecule has 1 amide bonds. The maximum atomic E-state index is 12.6. The summed E-state index contributed by atoms with van der Waals surface area (Å²) in [4.78, 5) is 17.6. The number of thioether (sulfide) groups is 1.